The Morgan fingerprint density at radius 3 is 2.33 bits per heavy atom. The van der Waals surface area contributed by atoms with Crippen LogP contribution in [-0.4, -0.2) is 53.8 Å². The average Bonchev–Trinajstić information content (AvgIpc) is 2.51. The number of methoxy groups -OCH3 is 1. The zero-order chi connectivity index (χ0) is 15.2. The van der Waals surface area contributed by atoms with Crippen molar-refractivity contribution in [3.63, 3.8) is 0 Å². The smallest absolute Gasteiger partial charge is 0.123 e. The number of hydrogen-bond acceptors (Lipinski definition) is 5. The van der Waals surface area contributed by atoms with Crippen molar-refractivity contribution in [3.8, 4) is 5.75 Å². The molecule has 1 N–H and O–H groups in total. The summed E-state index contributed by atoms with van der Waals surface area (Å²) >= 11 is 0. The first-order valence-electron chi connectivity index (χ1n) is 7.38. The number of nitrogens with one attached hydrogen (secondary N) is 1. The molecule has 120 valence electrons. The van der Waals surface area contributed by atoms with E-state index in [-0.39, 0.29) is 0 Å². The van der Waals surface area contributed by atoms with Gasteiger partial charge in [-0.1, -0.05) is 18.2 Å². The van der Waals surface area contributed by atoms with Crippen molar-refractivity contribution < 1.29 is 18.9 Å². The number of benzene rings is 1. The van der Waals surface area contributed by atoms with Gasteiger partial charge >= 0.3 is 0 Å². The van der Waals surface area contributed by atoms with E-state index in [1.54, 1.807) is 7.11 Å². The maximum atomic E-state index is 5.74. The predicted octanol–water partition coefficient (Wildman–Crippen LogP) is 1.85. The zero-order valence-corrected chi connectivity index (χ0v) is 13.1. The minimum absolute atomic E-state index is 0.561. The molecule has 1 aromatic carbocycles. The van der Waals surface area contributed by atoms with Crippen LogP contribution in [0.3, 0.4) is 0 Å². The fraction of sp³-hybridized carbons (Fsp3) is 0.625. The minimum atomic E-state index is 0.561. The molecular weight excluding hydrogens is 270 g/mol. The van der Waals surface area contributed by atoms with Crippen LogP contribution in [0.5, 0.6) is 5.75 Å². The SMILES string of the molecule is CNCc1ccccc1OCCOCCCOCCOC. The first kappa shape index (κ1) is 17.9. The number of ether oxygens (including phenoxy) is 4. The molecule has 1 aromatic rings. The Kier molecular flexibility index (Phi) is 10.7. The fourth-order valence-corrected chi connectivity index (χ4v) is 1.80. The third-order valence-electron chi connectivity index (χ3n) is 2.83. The van der Waals surface area contributed by atoms with Crippen LogP contribution in [0.1, 0.15) is 12.0 Å². The van der Waals surface area contributed by atoms with Crippen LogP contribution in [0.15, 0.2) is 24.3 Å². The highest BCUT2D eigenvalue weighted by Crippen LogP contribution is 2.17. The van der Waals surface area contributed by atoms with Crippen molar-refractivity contribution in [2.45, 2.75) is 13.0 Å². The lowest BCUT2D eigenvalue weighted by Gasteiger charge is -2.11. The lowest BCUT2D eigenvalue weighted by molar-refractivity contribution is 0.0458. The van der Waals surface area contributed by atoms with Gasteiger partial charge in [-0.3, -0.25) is 0 Å². The van der Waals surface area contributed by atoms with Gasteiger partial charge in [0.2, 0.25) is 0 Å². The maximum absolute atomic E-state index is 5.74. The average molecular weight is 297 g/mol. The molecule has 0 aliphatic carbocycles. The number of hydrogen-bond donors (Lipinski definition) is 1. The predicted molar refractivity (Wildman–Crippen MR) is 82.8 cm³/mol. The fourth-order valence-electron chi connectivity index (χ4n) is 1.80. The summed E-state index contributed by atoms with van der Waals surface area (Å²) < 4.78 is 21.5. The van der Waals surface area contributed by atoms with Crippen molar-refractivity contribution in [2.24, 2.45) is 0 Å². The van der Waals surface area contributed by atoms with E-state index in [4.69, 9.17) is 18.9 Å². The van der Waals surface area contributed by atoms with Crippen molar-refractivity contribution in [3.05, 3.63) is 29.8 Å². The van der Waals surface area contributed by atoms with Crippen LogP contribution in [0.25, 0.3) is 0 Å². The quantitative estimate of drug-likeness (QED) is 0.563. The second-order valence-corrected chi connectivity index (χ2v) is 4.56. The van der Waals surface area contributed by atoms with Crippen LogP contribution in [0.2, 0.25) is 0 Å². The van der Waals surface area contributed by atoms with E-state index in [0.29, 0.717) is 39.6 Å². The largest absolute Gasteiger partial charge is 0.491 e. The summed E-state index contributed by atoms with van der Waals surface area (Å²) in [6, 6.07) is 8.03. The topological polar surface area (TPSA) is 49.0 Å². The van der Waals surface area contributed by atoms with Gasteiger partial charge in [0, 0.05) is 32.4 Å². The molecular formula is C16H27NO4. The van der Waals surface area contributed by atoms with E-state index in [2.05, 4.69) is 11.4 Å². The standard InChI is InChI=1S/C16H27NO4/c1-17-14-15-6-3-4-7-16(15)21-13-12-20-9-5-8-19-11-10-18-2/h3-4,6-7,17H,5,8-14H2,1-2H3. The van der Waals surface area contributed by atoms with Crippen LogP contribution in [-0.2, 0) is 20.8 Å². The molecule has 0 unspecified atom stereocenters. The molecule has 0 aliphatic rings. The molecule has 0 aromatic heterocycles. The number of rotatable bonds is 13. The van der Waals surface area contributed by atoms with Gasteiger partial charge in [0.1, 0.15) is 12.4 Å². The molecule has 5 heteroatoms. The summed E-state index contributed by atoms with van der Waals surface area (Å²) in [5.74, 6) is 0.915. The highest BCUT2D eigenvalue weighted by Gasteiger charge is 2.01. The van der Waals surface area contributed by atoms with E-state index in [1.807, 2.05) is 25.2 Å². The normalized spacial score (nSPS) is 10.8. The maximum Gasteiger partial charge on any atom is 0.123 e. The monoisotopic (exact) mass is 297 g/mol. The minimum Gasteiger partial charge on any atom is -0.491 e. The lowest BCUT2D eigenvalue weighted by Crippen LogP contribution is -2.12. The summed E-state index contributed by atoms with van der Waals surface area (Å²) in [6.07, 6.45) is 0.889. The van der Waals surface area contributed by atoms with E-state index >= 15 is 0 Å². The van der Waals surface area contributed by atoms with Crippen LogP contribution >= 0.6 is 0 Å². The molecule has 1 rings (SSSR count). The second kappa shape index (κ2) is 12.6. The first-order valence-corrected chi connectivity index (χ1v) is 7.38. The van der Waals surface area contributed by atoms with Gasteiger partial charge in [-0.2, -0.15) is 0 Å². The van der Waals surface area contributed by atoms with E-state index in [1.165, 1.54) is 0 Å². The van der Waals surface area contributed by atoms with E-state index in [9.17, 15) is 0 Å². The summed E-state index contributed by atoms with van der Waals surface area (Å²) in [6.45, 7) is 4.62. The number of para-hydroxylation sites is 1. The van der Waals surface area contributed by atoms with Gasteiger partial charge in [0.05, 0.1) is 19.8 Å². The summed E-state index contributed by atoms with van der Waals surface area (Å²) in [5.41, 5.74) is 1.16. The van der Waals surface area contributed by atoms with E-state index < -0.39 is 0 Å². The zero-order valence-electron chi connectivity index (χ0n) is 13.1. The highest BCUT2D eigenvalue weighted by atomic mass is 16.5. The first-order chi connectivity index (χ1) is 10.4. The highest BCUT2D eigenvalue weighted by molar-refractivity contribution is 5.33. The van der Waals surface area contributed by atoms with E-state index in [0.717, 1.165) is 24.3 Å². The molecule has 0 aliphatic heterocycles. The molecule has 0 heterocycles. The van der Waals surface area contributed by atoms with Gasteiger partial charge in [-0.05, 0) is 19.5 Å². The van der Waals surface area contributed by atoms with Gasteiger partial charge in [0.25, 0.3) is 0 Å². The summed E-state index contributed by atoms with van der Waals surface area (Å²) in [4.78, 5) is 0. The molecule has 0 amide bonds. The van der Waals surface area contributed by atoms with Crippen LogP contribution in [0, 0.1) is 0 Å². The molecule has 0 fully saturated rings. The Labute approximate surface area is 127 Å². The van der Waals surface area contributed by atoms with Crippen LogP contribution < -0.4 is 10.1 Å². The van der Waals surface area contributed by atoms with Crippen molar-refractivity contribution in [1.82, 2.24) is 5.32 Å². The third-order valence-corrected chi connectivity index (χ3v) is 2.83. The molecule has 0 radical (unpaired) electrons. The molecule has 0 saturated carbocycles. The molecule has 0 bridgehead atoms. The van der Waals surface area contributed by atoms with Crippen LogP contribution in [0.4, 0.5) is 0 Å². The Hall–Kier alpha value is -1.14. The van der Waals surface area contributed by atoms with Gasteiger partial charge < -0.3 is 24.3 Å². The molecule has 0 spiro atoms. The van der Waals surface area contributed by atoms with Gasteiger partial charge in [0.15, 0.2) is 0 Å². The Morgan fingerprint density at radius 1 is 0.905 bits per heavy atom. The summed E-state index contributed by atoms with van der Waals surface area (Å²) in [7, 11) is 3.59. The van der Waals surface area contributed by atoms with Crippen molar-refractivity contribution >= 4 is 0 Å². The second-order valence-electron chi connectivity index (χ2n) is 4.56. The van der Waals surface area contributed by atoms with Crippen molar-refractivity contribution in [2.75, 3.05) is 53.8 Å². The molecule has 0 atom stereocenters. The van der Waals surface area contributed by atoms with Gasteiger partial charge in [-0.25, -0.2) is 0 Å². The molecule has 0 saturated heterocycles. The summed E-state index contributed by atoms with van der Waals surface area (Å²) in [5, 5.41) is 3.13. The third kappa shape index (κ3) is 8.67. The Balaban J connectivity index is 2.01. The van der Waals surface area contributed by atoms with Gasteiger partial charge in [-0.15, -0.1) is 0 Å². The molecule has 21 heavy (non-hydrogen) atoms. The Morgan fingerprint density at radius 2 is 1.62 bits per heavy atom. The lowest BCUT2D eigenvalue weighted by atomic mass is 10.2. The van der Waals surface area contributed by atoms with Crippen molar-refractivity contribution in [1.29, 1.82) is 0 Å². The molecule has 5 nitrogen and oxygen atoms in total. The Bertz CT molecular complexity index is 360.